The Morgan fingerprint density at radius 2 is 1.72 bits per heavy atom. The van der Waals surface area contributed by atoms with E-state index in [4.69, 9.17) is 0 Å². The van der Waals surface area contributed by atoms with Crippen LogP contribution in [0.5, 0.6) is 0 Å². The van der Waals surface area contributed by atoms with Gasteiger partial charge in [-0.2, -0.15) is 0 Å². The van der Waals surface area contributed by atoms with Crippen LogP contribution in [0.15, 0.2) is 48.5 Å². The van der Waals surface area contributed by atoms with E-state index >= 15 is 0 Å². The van der Waals surface area contributed by atoms with Gasteiger partial charge >= 0.3 is 0 Å². The number of nitrogens with zero attached hydrogens (tertiary/aromatic N) is 4. The van der Waals surface area contributed by atoms with Crippen molar-refractivity contribution in [2.75, 3.05) is 19.6 Å². The zero-order valence-electron chi connectivity index (χ0n) is 16.4. The van der Waals surface area contributed by atoms with E-state index in [0.717, 1.165) is 42.5 Å². The van der Waals surface area contributed by atoms with Crippen molar-refractivity contribution in [3.8, 4) is 0 Å². The molecule has 1 fully saturated rings. The van der Waals surface area contributed by atoms with E-state index in [0.29, 0.717) is 31.0 Å². The van der Waals surface area contributed by atoms with Crippen molar-refractivity contribution in [1.82, 2.24) is 19.4 Å². The van der Waals surface area contributed by atoms with Gasteiger partial charge in [0, 0.05) is 38.3 Å². The number of fused-ring (bicyclic) bond motifs is 3. The van der Waals surface area contributed by atoms with E-state index in [1.54, 1.807) is 0 Å². The molecule has 148 valence electrons. The largest absolute Gasteiger partial charge is 0.339 e. The fourth-order valence-corrected chi connectivity index (χ4v) is 4.35. The lowest BCUT2D eigenvalue weighted by Crippen LogP contribution is -2.39. The molecular weight excluding hydrogens is 364 g/mol. The highest BCUT2D eigenvalue weighted by molar-refractivity contribution is 6.00. The molecule has 2 aromatic carbocycles. The predicted molar refractivity (Wildman–Crippen MR) is 111 cm³/mol. The molecule has 0 aliphatic carbocycles. The van der Waals surface area contributed by atoms with Crippen LogP contribution in [0.25, 0.3) is 11.0 Å². The molecule has 0 unspecified atom stereocenters. The number of aromatic nitrogens is 2. The van der Waals surface area contributed by atoms with Crippen LogP contribution in [0.4, 0.5) is 0 Å². The normalized spacial score (nSPS) is 16.9. The molecule has 0 bridgehead atoms. The Bertz CT molecular complexity index is 1070. The molecule has 2 aliphatic rings. The molecule has 1 saturated heterocycles. The van der Waals surface area contributed by atoms with Crippen molar-refractivity contribution in [2.24, 2.45) is 0 Å². The van der Waals surface area contributed by atoms with Crippen molar-refractivity contribution >= 4 is 22.8 Å². The Labute approximate surface area is 169 Å². The van der Waals surface area contributed by atoms with Crippen LogP contribution in [-0.2, 0) is 13.1 Å². The second-order valence-corrected chi connectivity index (χ2v) is 7.86. The first-order valence-electron chi connectivity index (χ1n) is 10.3. The number of piperidine rings is 1. The maximum atomic E-state index is 13.0. The van der Waals surface area contributed by atoms with Gasteiger partial charge in [-0.1, -0.05) is 30.3 Å². The topological polar surface area (TPSA) is 58.4 Å². The number of hydrogen-bond acceptors (Lipinski definition) is 3. The highest BCUT2D eigenvalue weighted by atomic mass is 16.2. The smallest absolute Gasteiger partial charge is 0.290 e. The van der Waals surface area contributed by atoms with Crippen LogP contribution < -0.4 is 0 Å². The van der Waals surface area contributed by atoms with Gasteiger partial charge in [-0.3, -0.25) is 9.59 Å². The van der Waals surface area contributed by atoms with Gasteiger partial charge < -0.3 is 14.4 Å². The van der Waals surface area contributed by atoms with E-state index in [1.807, 2.05) is 62.9 Å². The van der Waals surface area contributed by atoms with E-state index in [9.17, 15) is 9.59 Å². The number of carbonyl (C=O) groups is 2. The fourth-order valence-electron chi connectivity index (χ4n) is 4.35. The van der Waals surface area contributed by atoms with Crippen LogP contribution in [-0.4, -0.2) is 50.8 Å². The van der Waals surface area contributed by atoms with E-state index in [-0.39, 0.29) is 11.8 Å². The second kappa shape index (κ2) is 7.35. The minimum atomic E-state index is -0.0554. The molecule has 3 heterocycles. The van der Waals surface area contributed by atoms with Gasteiger partial charge in [-0.25, -0.2) is 4.98 Å². The van der Waals surface area contributed by atoms with Crippen LogP contribution in [0.3, 0.4) is 0 Å². The van der Waals surface area contributed by atoms with Crippen molar-refractivity contribution < 1.29 is 9.59 Å². The summed E-state index contributed by atoms with van der Waals surface area (Å²) in [6.45, 7) is 3.60. The third kappa shape index (κ3) is 3.28. The number of likely N-dealkylation sites (tertiary alicyclic amines) is 1. The molecule has 29 heavy (non-hydrogen) atoms. The number of hydrogen-bond donors (Lipinski definition) is 0. The van der Waals surface area contributed by atoms with Gasteiger partial charge in [0.1, 0.15) is 0 Å². The highest BCUT2D eigenvalue weighted by Gasteiger charge is 2.28. The number of rotatable bonds is 3. The maximum absolute atomic E-state index is 13.0. The van der Waals surface area contributed by atoms with Crippen LogP contribution >= 0.6 is 0 Å². The summed E-state index contributed by atoms with van der Waals surface area (Å²) in [7, 11) is 0. The fraction of sp³-hybridized carbons (Fsp3) is 0.348. The minimum absolute atomic E-state index is 0.0554. The summed E-state index contributed by atoms with van der Waals surface area (Å²) in [6.07, 6.45) is 3.33. The van der Waals surface area contributed by atoms with Gasteiger partial charge in [-0.05, 0) is 43.0 Å². The molecule has 6 heteroatoms. The minimum Gasteiger partial charge on any atom is -0.339 e. The van der Waals surface area contributed by atoms with Crippen molar-refractivity contribution in [2.45, 2.75) is 32.4 Å². The first-order valence-corrected chi connectivity index (χ1v) is 10.3. The Hall–Kier alpha value is -3.15. The molecular formula is C23H24N4O2. The predicted octanol–water partition coefficient (Wildman–Crippen LogP) is 3.32. The summed E-state index contributed by atoms with van der Waals surface area (Å²) < 4.78 is 1.98. The monoisotopic (exact) mass is 388 g/mol. The summed E-state index contributed by atoms with van der Waals surface area (Å²) in [6, 6.07) is 15.7. The van der Waals surface area contributed by atoms with Gasteiger partial charge in [-0.15, -0.1) is 0 Å². The lowest BCUT2D eigenvalue weighted by molar-refractivity contribution is 0.0684. The van der Waals surface area contributed by atoms with Crippen molar-refractivity contribution in [1.29, 1.82) is 0 Å². The SMILES string of the molecule is O=C(c1ccc2c(c1)nc1n2CCN(Cc2ccccc2)C1=O)N1CCCCC1. The summed E-state index contributed by atoms with van der Waals surface area (Å²) in [4.78, 5) is 34.2. The molecule has 2 aliphatic heterocycles. The molecule has 0 saturated carbocycles. The molecule has 3 aromatic rings. The second-order valence-electron chi connectivity index (χ2n) is 7.86. The van der Waals surface area contributed by atoms with Crippen molar-refractivity contribution in [3.05, 3.63) is 65.5 Å². The molecule has 5 rings (SSSR count). The highest BCUT2D eigenvalue weighted by Crippen LogP contribution is 2.24. The molecule has 1 aromatic heterocycles. The van der Waals surface area contributed by atoms with Gasteiger partial charge in [0.2, 0.25) is 0 Å². The van der Waals surface area contributed by atoms with E-state index in [2.05, 4.69) is 4.98 Å². The van der Waals surface area contributed by atoms with E-state index < -0.39 is 0 Å². The average molecular weight is 388 g/mol. The molecule has 0 N–H and O–H groups in total. The summed E-state index contributed by atoms with van der Waals surface area (Å²) in [5.41, 5.74) is 3.41. The van der Waals surface area contributed by atoms with Crippen LogP contribution in [0.2, 0.25) is 0 Å². The quantitative estimate of drug-likeness (QED) is 0.692. The maximum Gasteiger partial charge on any atom is 0.290 e. The lowest BCUT2D eigenvalue weighted by atomic mass is 10.1. The molecule has 2 amide bonds. The summed E-state index contributed by atoms with van der Waals surface area (Å²) in [5, 5.41) is 0. The Morgan fingerprint density at radius 1 is 0.931 bits per heavy atom. The number of carbonyl (C=O) groups excluding carboxylic acids is 2. The Kier molecular flexibility index (Phi) is 4.54. The van der Waals surface area contributed by atoms with Crippen LogP contribution in [0.1, 0.15) is 45.8 Å². The third-order valence-electron chi connectivity index (χ3n) is 5.93. The Morgan fingerprint density at radius 3 is 2.52 bits per heavy atom. The number of amides is 2. The summed E-state index contributed by atoms with van der Waals surface area (Å²) >= 11 is 0. The number of benzene rings is 2. The molecule has 0 spiro atoms. The molecule has 0 atom stereocenters. The molecule has 0 radical (unpaired) electrons. The summed E-state index contributed by atoms with van der Waals surface area (Å²) in [5.74, 6) is 0.472. The van der Waals surface area contributed by atoms with Crippen molar-refractivity contribution in [3.63, 3.8) is 0 Å². The zero-order chi connectivity index (χ0) is 19.8. The third-order valence-corrected chi connectivity index (χ3v) is 5.93. The lowest BCUT2D eigenvalue weighted by Gasteiger charge is -2.27. The zero-order valence-corrected chi connectivity index (χ0v) is 16.4. The standard InChI is InChI=1S/C23H24N4O2/c28-22(25-11-5-2-6-12-25)18-9-10-20-19(15-18)24-21-23(29)26(13-14-27(20)21)16-17-7-3-1-4-8-17/h1,3-4,7-10,15H,2,5-6,11-14,16H2. The average Bonchev–Trinajstić information content (AvgIpc) is 3.15. The molecule has 6 nitrogen and oxygen atoms in total. The van der Waals surface area contributed by atoms with Gasteiger partial charge in [0.15, 0.2) is 5.82 Å². The first kappa shape index (κ1) is 17.9. The Balaban J connectivity index is 1.42. The first-order chi connectivity index (χ1) is 14.2. The number of imidazole rings is 1. The van der Waals surface area contributed by atoms with E-state index in [1.165, 1.54) is 6.42 Å². The van der Waals surface area contributed by atoms with Crippen LogP contribution in [0, 0.1) is 0 Å². The van der Waals surface area contributed by atoms with Gasteiger partial charge in [0.05, 0.1) is 11.0 Å². The van der Waals surface area contributed by atoms with Gasteiger partial charge in [0.25, 0.3) is 11.8 Å².